The maximum Gasteiger partial charge on any atom is 0.203 e. The molecule has 0 fully saturated rings. The highest BCUT2D eigenvalue weighted by molar-refractivity contribution is 7.23. The van der Waals surface area contributed by atoms with Crippen molar-refractivity contribution in [3.63, 3.8) is 0 Å². The van der Waals surface area contributed by atoms with Crippen molar-refractivity contribution < 1.29 is 14.2 Å². The molecular weight excluding hydrogens is 446 g/mol. The number of thiazole rings is 2. The van der Waals surface area contributed by atoms with Gasteiger partial charge in [0.1, 0.15) is 15.7 Å². The molecule has 10 heteroatoms. The Balaban J connectivity index is 1.60. The van der Waals surface area contributed by atoms with Gasteiger partial charge in [-0.05, 0) is 12.1 Å². The van der Waals surface area contributed by atoms with E-state index in [1.165, 1.54) is 22.7 Å². The zero-order chi connectivity index (χ0) is 22.7. The lowest BCUT2D eigenvalue weighted by molar-refractivity contribution is 0.324. The number of methoxy groups -OCH3 is 3. The molecule has 0 aliphatic heterocycles. The van der Waals surface area contributed by atoms with Gasteiger partial charge < -0.3 is 25.3 Å². The molecular formula is C22H19N5O3S2. The van der Waals surface area contributed by atoms with Gasteiger partial charge in [-0.1, -0.05) is 23.5 Å². The number of anilines is 3. The number of nitriles is 1. The lowest BCUT2D eigenvalue weighted by atomic mass is 10.1. The topological polar surface area (TPSA) is 115 Å². The highest BCUT2D eigenvalue weighted by Crippen LogP contribution is 2.43. The second kappa shape index (κ2) is 9.13. The van der Waals surface area contributed by atoms with Gasteiger partial charge in [0.05, 0.1) is 38.7 Å². The van der Waals surface area contributed by atoms with Crippen LogP contribution >= 0.6 is 22.7 Å². The normalized spacial score (nSPS) is 10.4. The summed E-state index contributed by atoms with van der Waals surface area (Å²) in [5, 5.41) is 15.6. The van der Waals surface area contributed by atoms with Crippen LogP contribution in [-0.4, -0.2) is 31.3 Å². The summed E-state index contributed by atoms with van der Waals surface area (Å²) in [4.78, 5) is 9.93. The van der Waals surface area contributed by atoms with E-state index in [9.17, 15) is 0 Å². The second-order valence-electron chi connectivity index (χ2n) is 6.50. The molecule has 0 spiro atoms. The molecule has 2 aromatic carbocycles. The number of rotatable bonds is 7. The first kappa shape index (κ1) is 21.4. The van der Waals surface area contributed by atoms with Crippen molar-refractivity contribution in [1.29, 1.82) is 5.26 Å². The highest BCUT2D eigenvalue weighted by Gasteiger charge is 2.17. The summed E-state index contributed by atoms with van der Waals surface area (Å²) in [5.74, 6) is 1.97. The molecule has 0 radical (unpaired) electrons. The molecule has 162 valence electrons. The minimum absolute atomic E-state index is 0.394. The first-order valence-electron chi connectivity index (χ1n) is 9.36. The fourth-order valence-corrected chi connectivity index (χ4v) is 4.87. The summed E-state index contributed by atoms with van der Waals surface area (Å²) in [5.41, 5.74) is 9.28. The van der Waals surface area contributed by atoms with Crippen LogP contribution in [0.4, 0.5) is 16.6 Å². The van der Waals surface area contributed by atoms with Crippen molar-refractivity contribution in [3.05, 3.63) is 47.3 Å². The van der Waals surface area contributed by atoms with Crippen molar-refractivity contribution in [3.8, 4) is 44.5 Å². The molecule has 4 aromatic rings. The van der Waals surface area contributed by atoms with Crippen LogP contribution in [0.5, 0.6) is 17.2 Å². The molecule has 4 rings (SSSR count). The van der Waals surface area contributed by atoms with Crippen LogP contribution in [-0.2, 0) is 0 Å². The Bertz CT molecular complexity index is 1270. The smallest absolute Gasteiger partial charge is 0.203 e. The second-order valence-corrected chi connectivity index (χ2v) is 8.36. The van der Waals surface area contributed by atoms with E-state index in [0.29, 0.717) is 33.8 Å². The molecule has 0 amide bonds. The van der Waals surface area contributed by atoms with Gasteiger partial charge in [-0.2, -0.15) is 5.26 Å². The standard InChI is InChI=1S/C22H19N5O3S2/c1-28-16-8-14(9-17(29-2)18(16)30-3)25-22-27-20(24)19(32-22)21-26-15(11-31-21)13-6-4-12(10-23)5-7-13/h4-9,11H,24H2,1-3H3,(H,25,27). The molecule has 0 aliphatic carbocycles. The molecule has 0 atom stereocenters. The minimum Gasteiger partial charge on any atom is -0.493 e. The van der Waals surface area contributed by atoms with Gasteiger partial charge in [-0.25, -0.2) is 9.97 Å². The first-order valence-corrected chi connectivity index (χ1v) is 11.1. The monoisotopic (exact) mass is 465 g/mol. The largest absolute Gasteiger partial charge is 0.493 e. The van der Waals surface area contributed by atoms with Crippen LogP contribution in [0.1, 0.15) is 5.56 Å². The van der Waals surface area contributed by atoms with Crippen LogP contribution in [0.2, 0.25) is 0 Å². The lowest BCUT2D eigenvalue weighted by Gasteiger charge is -2.14. The lowest BCUT2D eigenvalue weighted by Crippen LogP contribution is -1.97. The van der Waals surface area contributed by atoms with Crippen molar-refractivity contribution in [2.75, 3.05) is 32.4 Å². The van der Waals surface area contributed by atoms with E-state index in [1.807, 2.05) is 17.5 Å². The maximum absolute atomic E-state index is 8.97. The first-order chi connectivity index (χ1) is 15.6. The Labute approximate surface area is 192 Å². The summed E-state index contributed by atoms with van der Waals surface area (Å²) >= 11 is 2.89. The Morgan fingerprint density at radius 2 is 1.69 bits per heavy atom. The fourth-order valence-electron chi connectivity index (χ4n) is 3.04. The maximum atomic E-state index is 8.97. The highest BCUT2D eigenvalue weighted by atomic mass is 32.1. The Kier molecular flexibility index (Phi) is 6.11. The van der Waals surface area contributed by atoms with Gasteiger partial charge in [0.25, 0.3) is 0 Å². The minimum atomic E-state index is 0.394. The number of benzene rings is 2. The molecule has 0 bridgehead atoms. The van der Waals surface area contributed by atoms with Gasteiger partial charge in [0, 0.05) is 28.8 Å². The predicted molar refractivity (Wildman–Crippen MR) is 127 cm³/mol. The number of nitrogens with two attached hydrogens (primary N) is 1. The number of aromatic nitrogens is 2. The number of nitrogens with zero attached hydrogens (tertiary/aromatic N) is 3. The van der Waals surface area contributed by atoms with E-state index < -0.39 is 0 Å². The Morgan fingerprint density at radius 3 is 2.28 bits per heavy atom. The van der Waals surface area contributed by atoms with Crippen molar-refractivity contribution in [1.82, 2.24) is 9.97 Å². The molecule has 0 aliphatic rings. The van der Waals surface area contributed by atoms with Gasteiger partial charge >= 0.3 is 0 Å². The molecule has 32 heavy (non-hydrogen) atoms. The number of nitrogens with one attached hydrogen (secondary N) is 1. The number of nitrogen functional groups attached to an aromatic ring is 1. The quantitative estimate of drug-likeness (QED) is 0.385. The van der Waals surface area contributed by atoms with Gasteiger partial charge in [-0.15, -0.1) is 11.3 Å². The number of hydrogen-bond acceptors (Lipinski definition) is 10. The third-order valence-corrected chi connectivity index (χ3v) is 6.56. The number of ether oxygens (including phenoxy) is 3. The third-order valence-electron chi connectivity index (χ3n) is 4.58. The molecule has 2 heterocycles. The molecule has 2 aromatic heterocycles. The van der Waals surface area contributed by atoms with Crippen LogP contribution in [0.15, 0.2) is 41.8 Å². The van der Waals surface area contributed by atoms with Gasteiger partial charge in [-0.3, -0.25) is 0 Å². The molecule has 3 N–H and O–H groups in total. The van der Waals surface area contributed by atoms with Crippen molar-refractivity contribution >= 4 is 39.3 Å². The van der Waals surface area contributed by atoms with Crippen molar-refractivity contribution in [2.24, 2.45) is 0 Å². The van der Waals surface area contributed by atoms with Crippen LogP contribution in [0.25, 0.3) is 21.1 Å². The third kappa shape index (κ3) is 4.16. The summed E-state index contributed by atoms with van der Waals surface area (Å²) in [7, 11) is 4.68. The molecule has 0 saturated heterocycles. The van der Waals surface area contributed by atoms with E-state index in [1.54, 1.807) is 45.6 Å². The zero-order valence-electron chi connectivity index (χ0n) is 17.5. The van der Waals surface area contributed by atoms with Gasteiger partial charge in [0.2, 0.25) is 5.75 Å². The van der Waals surface area contributed by atoms with Crippen LogP contribution in [0, 0.1) is 11.3 Å². The fraction of sp³-hybridized carbons (Fsp3) is 0.136. The van der Waals surface area contributed by atoms with E-state index in [-0.39, 0.29) is 0 Å². The van der Waals surface area contributed by atoms with Crippen molar-refractivity contribution in [2.45, 2.75) is 0 Å². The number of hydrogen-bond donors (Lipinski definition) is 2. The Hall–Kier alpha value is -3.81. The Morgan fingerprint density at radius 1 is 1.00 bits per heavy atom. The zero-order valence-corrected chi connectivity index (χ0v) is 19.1. The van der Waals surface area contributed by atoms with Crippen LogP contribution < -0.4 is 25.3 Å². The van der Waals surface area contributed by atoms with E-state index in [0.717, 1.165) is 26.8 Å². The van der Waals surface area contributed by atoms with Crippen LogP contribution in [0.3, 0.4) is 0 Å². The molecule has 8 nitrogen and oxygen atoms in total. The average molecular weight is 466 g/mol. The average Bonchev–Trinajstić information content (AvgIpc) is 3.45. The summed E-state index contributed by atoms with van der Waals surface area (Å²) in [6, 6.07) is 13.0. The summed E-state index contributed by atoms with van der Waals surface area (Å²) < 4.78 is 16.2. The molecule has 0 saturated carbocycles. The molecule has 0 unspecified atom stereocenters. The summed E-state index contributed by atoms with van der Waals surface area (Å²) in [6.45, 7) is 0. The SMILES string of the molecule is COc1cc(Nc2nc(N)c(-c3nc(-c4ccc(C#N)cc4)cs3)s2)cc(OC)c1OC. The predicted octanol–water partition coefficient (Wildman–Crippen LogP) is 5.16. The van der Waals surface area contributed by atoms with E-state index in [2.05, 4.69) is 16.4 Å². The van der Waals surface area contributed by atoms with E-state index in [4.69, 9.17) is 30.2 Å². The summed E-state index contributed by atoms with van der Waals surface area (Å²) in [6.07, 6.45) is 0. The van der Waals surface area contributed by atoms with E-state index >= 15 is 0 Å². The van der Waals surface area contributed by atoms with Gasteiger partial charge in [0.15, 0.2) is 16.6 Å².